The van der Waals surface area contributed by atoms with Gasteiger partial charge in [-0.3, -0.25) is 0 Å². The van der Waals surface area contributed by atoms with Gasteiger partial charge in [0.1, 0.15) is 12.4 Å². The molecular formula is C13H10Cl2F2O3. The van der Waals surface area contributed by atoms with E-state index in [1.165, 1.54) is 18.2 Å². The molecule has 2 rings (SSSR count). The summed E-state index contributed by atoms with van der Waals surface area (Å²) >= 11 is 11.8. The molecule has 0 aromatic heterocycles. The monoisotopic (exact) mass is 322 g/mol. The number of benzene rings is 1. The maximum Gasteiger partial charge on any atom is 0.335 e. The smallest absolute Gasteiger partial charge is 0.335 e. The molecule has 0 spiro atoms. The average molecular weight is 323 g/mol. The van der Waals surface area contributed by atoms with Crippen LogP contribution in [-0.4, -0.2) is 29.5 Å². The van der Waals surface area contributed by atoms with Crippen LogP contribution in [0.3, 0.4) is 0 Å². The van der Waals surface area contributed by atoms with Crippen LogP contribution in [-0.2, 0) is 4.79 Å². The highest BCUT2D eigenvalue weighted by Crippen LogP contribution is 2.40. The molecule has 2 atom stereocenters. The van der Waals surface area contributed by atoms with Crippen molar-refractivity contribution in [3.05, 3.63) is 33.3 Å². The lowest BCUT2D eigenvalue weighted by Crippen LogP contribution is -2.45. The van der Waals surface area contributed by atoms with Crippen molar-refractivity contribution in [3.63, 3.8) is 0 Å². The Morgan fingerprint density at radius 3 is 2.70 bits per heavy atom. The van der Waals surface area contributed by atoms with Gasteiger partial charge in [-0.15, -0.1) is 0 Å². The van der Waals surface area contributed by atoms with Crippen LogP contribution in [0.4, 0.5) is 8.78 Å². The molecule has 0 fully saturated rings. The molecule has 20 heavy (non-hydrogen) atoms. The maximum absolute atomic E-state index is 14.1. The highest BCUT2D eigenvalue weighted by molar-refractivity contribution is 6.36. The molecule has 1 N–H and O–H groups in total. The van der Waals surface area contributed by atoms with E-state index in [4.69, 9.17) is 33.0 Å². The molecule has 2 unspecified atom stereocenters. The van der Waals surface area contributed by atoms with Gasteiger partial charge < -0.3 is 9.84 Å². The van der Waals surface area contributed by atoms with Crippen LogP contribution in [0.1, 0.15) is 12.5 Å². The Balaban J connectivity index is 2.59. The number of hydrogen-bond donors (Lipinski definition) is 1. The first-order chi connectivity index (χ1) is 9.26. The molecule has 0 radical (unpaired) electrons. The normalized spacial score (nSPS) is 20.4. The molecule has 1 aliphatic heterocycles. The first-order valence-electron chi connectivity index (χ1n) is 5.61. The second-order valence-electron chi connectivity index (χ2n) is 4.61. The zero-order chi connectivity index (χ0) is 15.1. The molecule has 1 heterocycles. The SMILES string of the molecule is CC(F)(CF)C1Oc2cc(Cl)cc(Cl)c2C=C1C(=O)O. The van der Waals surface area contributed by atoms with Gasteiger partial charge in [0.15, 0.2) is 11.8 Å². The summed E-state index contributed by atoms with van der Waals surface area (Å²) in [6.45, 7) is -0.447. The van der Waals surface area contributed by atoms with Gasteiger partial charge in [0.25, 0.3) is 0 Å². The molecule has 108 valence electrons. The van der Waals surface area contributed by atoms with Gasteiger partial charge in [0.2, 0.25) is 0 Å². The number of carboxylic acids is 1. The highest BCUT2D eigenvalue weighted by atomic mass is 35.5. The fourth-order valence-corrected chi connectivity index (χ4v) is 2.44. The summed E-state index contributed by atoms with van der Waals surface area (Å²) in [5, 5.41) is 9.55. The number of halogens is 4. The zero-order valence-electron chi connectivity index (χ0n) is 10.3. The van der Waals surface area contributed by atoms with Gasteiger partial charge in [-0.25, -0.2) is 13.6 Å². The van der Waals surface area contributed by atoms with E-state index in [2.05, 4.69) is 0 Å². The Morgan fingerprint density at radius 1 is 1.50 bits per heavy atom. The fourth-order valence-electron chi connectivity index (χ4n) is 1.91. The van der Waals surface area contributed by atoms with Crippen molar-refractivity contribution >= 4 is 35.2 Å². The van der Waals surface area contributed by atoms with Crippen LogP contribution in [0, 0.1) is 0 Å². The Hall–Kier alpha value is -1.33. The molecule has 0 bridgehead atoms. The molecule has 3 nitrogen and oxygen atoms in total. The molecule has 0 saturated carbocycles. The van der Waals surface area contributed by atoms with E-state index in [1.54, 1.807) is 0 Å². The lowest BCUT2D eigenvalue weighted by atomic mass is 9.91. The number of alkyl halides is 2. The molecule has 0 amide bonds. The zero-order valence-corrected chi connectivity index (χ0v) is 11.8. The second-order valence-corrected chi connectivity index (χ2v) is 5.46. The van der Waals surface area contributed by atoms with Crippen molar-refractivity contribution in [3.8, 4) is 5.75 Å². The quantitative estimate of drug-likeness (QED) is 0.917. The van der Waals surface area contributed by atoms with E-state index >= 15 is 0 Å². The van der Waals surface area contributed by atoms with Gasteiger partial charge in [-0.1, -0.05) is 23.2 Å². The highest BCUT2D eigenvalue weighted by Gasteiger charge is 2.44. The van der Waals surface area contributed by atoms with Gasteiger partial charge in [0.05, 0.1) is 10.6 Å². The Bertz CT molecular complexity index is 600. The molecule has 1 aromatic carbocycles. The minimum atomic E-state index is -2.48. The predicted molar refractivity (Wildman–Crippen MR) is 72.0 cm³/mol. The average Bonchev–Trinajstić information content (AvgIpc) is 2.37. The van der Waals surface area contributed by atoms with E-state index in [1.807, 2.05) is 0 Å². The second kappa shape index (κ2) is 5.22. The van der Waals surface area contributed by atoms with Gasteiger partial charge >= 0.3 is 5.97 Å². The van der Waals surface area contributed by atoms with E-state index in [-0.39, 0.29) is 21.4 Å². The van der Waals surface area contributed by atoms with Crippen LogP contribution in [0.2, 0.25) is 10.0 Å². The van der Waals surface area contributed by atoms with Crippen LogP contribution < -0.4 is 4.74 Å². The molecule has 0 aliphatic carbocycles. The molecule has 7 heteroatoms. The van der Waals surface area contributed by atoms with Crippen molar-refractivity contribution in [2.75, 3.05) is 6.67 Å². The summed E-state index contributed by atoms with van der Waals surface area (Å²) in [6, 6.07) is 2.78. The van der Waals surface area contributed by atoms with E-state index in [9.17, 15) is 13.6 Å². The number of aliphatic carboxylic acids is 1. The third-order valence-corrected chi connectivity index (χ3v) is 3.47. The predicted octanol–water partition coefficient (Wildman–Crippen LogP) is 3.92. The van der Waals surface area contributed by atoms with Crippen LogP contribution in [0.25, 0.3) is 6.08 Å². The van der Waals surface area contributed by atoms with Gasteiger partial charge in [-0.05, 0) is 25.1 Å². The lowest BCUT2D eigenvalue weighted by molar-refractivity contribution is -0.134. The molecule has 1 aliphatic rings. The summed E-state index contributed by atoms with van der Waals surface area (Å²) in [5.41, 5.74) is -2.60. The van der Waals surface area contributed by atoms with Crippen LogP contribution in [0.15, 0.2) is 17.7 Å². The van der Waals surface area contributed by atoms with Gasteiger partial charge in [-0.2, -0.15) is 0 Å². The number of carbonyl (C=O) groups is 1. The summed E-state index contributed by atoms with van der Waals surface area (Å²) in [6.07, 6.45) is -0.398. The Morgan fingerprint density at radius 2 is 2.15 bits per heavy atom. The first kappa shape index (κ1) is 15.1. The van der Waals surface area contributed by atoms with E-state index in [0.717, 1.165) is 6.92 Å². The molecule has 0 saturated heterocycles. The number of rotatable bonds is 3. The minimum Gasteiger partial charge on any atom is -0.481 e. The standard InChI is InChI=1S/C13H10Cl2F2O3/c1-13(17,5-16)11-8(12(18)19)4-7-9(15)2-6(14)3-10(7)20-11/h2-4,11H,5H2,1H3,(H,18,19). The van der Waals surface area contributed by atoms with Crippen molar-refractivity contribution in [2.24, 2.45) is 0 Å². The lowest BCUT2D eigenvalue weighted by Gasteiger charge is -2.32. The summed E-state index contributed by atoms with van der Waals surface area (Å²) in [5.74, 6) is -1.28. The van der Waals surface area contributed by atoms with Crippen molar-refractivity contribution in [1.29, 1.82) is 0 Å². The first-order valence-corrected chi connectivity index (χ1v) is 6.37. The van der Waals surface area contributed by atoms with Crippen LogP contribution in [0.5, 0.6) is 5.75 Å². The van der Waals surface area contributed by atoms with Crippen molar-refractivity contribution in [1.82, 2.24) is 0 Å². The van der Waals surface area contributed by atoms with E-state index < -0.39 is 30.0 Å². The molecule has 1 aromatic rings. The summed E-state index contributed by atoms with van der Waals surface area (Å²) in [7, 11) is 0. The maximum atomic E-state index is 14.1. The third-order valence-electron chi connectivity index (χ3n) is 2.94. The Kier molecular flexibility index (Phi) is 3.93. The molecular weight excluding hydrogens is 313 g/mol. The summed E-state index contributed by atoms with van der Waals surface area (Å²) < 4.78 is 32.2. The Labute approximate surface area is 123 Å². The van der Waals surface area contributed by atoms with Crippen molar-refractivity contribution in [2.45, 2.75) is 18.7 Å². The topological polar surface area (TPSA) is 46.5 Å². The number of carboxylic acid groups (broad SMARTS) is 1. The van der Waals surface area contributed by atoms with Crippen molar-refractivity contribution < 1.29 is 23.4 Å². The summed E-state index contributed by atoms with van der Waals surface area (Å²) in [4.78, 5) is 11.2. The van der Waals surface area contributed by atoms with Crippen LogP contribution >= 0.6 is 23.2 Å². The largest absolute Gasteiger partial charge is 0.481 e. The van der Waals surface area contributed by atoms with Gasteiger partial charge in [0, 0.05) is 10.6 Å². The number of fused-ring (bicyclic) bond motifs is 1. The fraction of sp³-hybridized carbons (Fsp3) is 0.308. The third kappa shape index (κ3) is 2.60. The van der Waals surface area contributed by atoms with E-state index in [0.29, 0.717) is 0 Å². The minimum absolute atomic E-state index is 0.120. The number of hydrogen-bond acceptors (Lipinski definition) is 2. The number of ether oxygens (including phenoxy) is 1.